The Morgan fingerprint density at radius 1 is 1.21 bits per heavy atom. The third-order valence-corrected chi connectivity index (χ3v) is 5.59. The summed E-state index contributed by atoms with van der Waals surface area (Å²) in [6.07, 6.45) is 0.155. The van der Waals surface area contributed by atoms with Crippen molar-refractivity contribution in [2.24, 2.45) is 0 Å². The van der Waals surface area contributed by atoms with Crippen LogP contribution in [0.25, 0.3) is 0 Å². The minimum absolute atomic E-state index is 0.0285. The number of aliphatic hydroxyl groups excluding tert-OH is 1. The minimum Gasteiger partial charge on any atom is -0.492 e. The lowest BCUT2D eigenvalue weighted by molar-refractivity contribution is -0.122. The van der Waals surface area contributed by atoms with Crippen molar-refractivity contribution in [2.75, 3.05) is 19.8 Å². The zero-order valence-electron chi connectivity index (χ0n) is 15.4. The van der Waals surface area contributed by atoms with Gasteiger partial charge in [0.25, 0.3) is 0 Å². The highest BCUT2D eigenvalue weighted by Crippen LogP contribution is 2.27. The zero-order chi connectivity index (χ0) is 20.6. The van der Waals surface area contributed by atoms with Gasteiger partial charge in [0.15, 0.2) is 0 Å². The number of aliphatic hydroxyl groups is 1. The number of ether oxygens (including phenoxy) is 1. The molecule has 2 rings (SSSR count). The average molecular weight is 427 g/mol. The van der Waals surface area contributed by atoms with Crippen LogP contribution in [0.1, 0.15) is 12.5 Å². The first kappa shape index (κ1) is 22.2. The van der Waals surface area contributed by atoms with E-state index in [0.717, 1.165) is 5.56 Å². The van der Waals surface area contributed by atoms with Crippen molar-refractivity contribution in [1.82, 2.24) is 10.0 Å². The van der Waals surface area contributed by atoms with Crippen molar-refractivity contribution in [3.05, 3.63) is 59.1 Å². The van der Waals surface area contributed by atoms with E-state index in [4.69, 9.17) is 21.4 Å². The first-order valence-electron chi connectivity index (χ1n) is 8.74. The molecule has 0 fully saturated rings. The third-order valence-electron chi connectivity index (χ3n) is 3.82. The predicted octanol–water partition coefficient (Wildman–Crippen LogP) is 1.74. The Balaban J connectivity index is 2.25. The van der Waals surface area contributed by atoms with Crippen molar-refractivity contribution >= 4 is 27.5 Å². The number of rotatable bonds is 10. The largest absolute Gasteiger partial charge is 0.492 e. The number of hydrogen-bond donors (Lipinski definition) is 3. The number of carbonyl (C=O) groups is 1. The summed E-state index contributed by atoms with van der Waals surface area (Å²) in [6, 6.07) is 12.1. The van der Waals surface area contributed by atoms with Crippen molar-refractivity contribution in [2.45, 2.75) is 24.3 Å². The van der Waals surface area contributed by atoms with Crippen molar-refractivity contribution in [1.29, 1.82) is 0 Å². The Kier molecular flexibility index (Phi) is 8.25. The predicted molar refractivity (Wildman–Crippen MR) is 107 cm³/mol. The van der Waals surface area contributed by atoms with Gasteiger partial charge in [-0.15, -0.1) is 0 Å². The summed E-state index contributed by atoms with van der Waals surface area (Å²) in [5.41, 5.74) is 0.791. The normalized spacial score (nSPS) is 12.4. The van der Waals surface area contributed by atoms with Gasteiger partial charge in [-0.2, -0.15) is 4.72 Å². The van der Waals surface area contributed by atoms with Crippen LogP contribution in [0.2, 0.25) is 5.02 Å². The lowest BCUT2D eigenvalue weighted by Crippen LogP contribution is -2.48. The van der Waals surface area contributed by atoms with Gasteiger partial charge in [0.05, 0.1) is 23.1 Å². The number of amides is 1. The summed E-state index contributed by atoms with van der Waals surface area (Å²) in [5.74, 6) is -0.150. The maximum absolute atomic E-state index is 12.8. The Morgan fingerprint density at radius 3 is 2.54 bits per heavy atom. The zero-order valence-corrected chi connectivity index (χ0v) is 17.0. The summed E-state index contributed by atoms with van der Waals surface area (Å²) in [4.78, 5) is 12.4. The molecule has 3 N–H and O–H groups in total. The van der Waals surface area contributed by atoms with Crippen LogP contribution in [0, 0.1) is 0 Å². The standard InChI is InChI=1S/C19H23ClN2O5S/c1-2-27-18-9-8-15(13-16(18)20)28(25,26)22-17(19(24)21-10-11-23)12-14-6-4-3-5-7-14/h3-9,13,17,22-23H,2,10-12H2,1H3,(H,21,24)/t17-/m0/s1. The number of halogens is 1. The maximum atomic E-state index is 12.8. The summed E-state index contributed by atoms with van der Waals surface area (Å²) < 4.78 is 33.3. The van der Waals surface area contributed by atoms with E-state index in [-0.39, 0.29) is 29.5 Å². The van der Waals surface area contributed by atoms with E-state index >= 15 is 0 Å². The fourth-order valence-electron chi connectivity index (χ4n) is 2.52. The molecule has 0 aliphatic rings. The van der Waals surface area contributed by atoms with Gasteiger partial charge >= 0.3 is 0 Å². The number of carbonyl (C=O) groups excluding carboxylic acids is 1. The van der Waals surface area contributed by atoms with E-state index in [1.165, 1.54) is 18.2 Å². The van der Waals surface area contributed by atoms with Crippen molar-refractivity contribution in [3.8, 4) is 5.75 Å². The highest BCUT2D eigenvalue weighted by molar-refractivity contribution is 7.89. The van der Waals surface area contributed by atoms with Gasteiger partial charge in [-0.3, -0.25) is 4.79 Å². The molecule has 0 unspecified atom stereocenters. The summed E-state index contributed by atoms with van der Waals surface area (Å²) in [6.45, 7) is 1.97. The molecule has 0 saturated heterocycles. The molecule has 0 aliphatic carbocycles. The maximum Gasteiger partial charge on any atom is 0.241 e. The van der Waals surface area contributed by atoms with E-state index in [2.05, 4.69) is 10.0 Å². The quantitative estimate of drug-likeness (QED) is 0.536. The molecule has 2 aromatic rings. The smallest absolute Gasteiger partial charge is 0.241 e. The van der Waals surface area contributed by atoms with Crippen LogP contribution in [-0.4, -0.2) is 45.2 Å². The Hall–Kier alpha value is -2.13. The Labute approximate surface area is 169 Å². The Bertz CT molecular complexity index is 890. The lowest BCUT2D eigenvalue weighted by atomic mass is 10.1. The van der Waals surface area contributed by atoms with Crippen molar-refractivity contribution < 1.29 is 23.1 Å². The second-order valence-electron chi connectivity index (χ2n) is 5.90. The molecule has 152 valence electrons. The number of benzene rings is 2. The van der Waals surface area contributed by atoms with Gasteiger partial charge in [0.1, 0.15) is 11.8 Å². The summed E-state index contributed by atoms with van der Waals surface area (Å²) >= 11 is 6.09. The topological polar surface area (TPSA) is 105 Å². The number of hydrogen-bond acceptors (Lipinski definition) is 5. The molecule has 0 radical (unpaired) electrons. The molecular formula is C19H23ClN2O5S. The molecule has 28 heavy (non-hydrogen) atoms. The number of sulfonamides is 1. The second kappa shape index (κ2) is 10.4. The molecule has 0 aromatic heterocycles. The van der Waals surface area contributed by atoms with E-state index in [1.807, 2.05) is 6.07 Å². The molecule has 2 aromatic carbocycles. The van der Waals surface area contributed by atoms with Gasteiger partial charge in [-0.05, 0) is 37.1 Å². The van der Waals surface area contributed by atoms with E-state index < -0.39 is 22.0 Å². The molecule has 1 atom stereocenters. The molecule has 0 saturated carbocycles. The SMILES string of the molecule is CCOc1ccc(S(=O)(=O)N[C@@H](Cc2ccccc2)C(=O)NCCO)cc1Cl. The van der Waals surface area contributed by atoms with Crippen LogP contribution in [0.4, 0.5) is 0 Å². The van der Waals surface area contributed by atoms with Gasteiger partial charge < -0.3 is 15.2 Å². The van der Waals surface area contributed by atoms with Crippen LogP contribution >= 0.6 is 11.6 Å². The van der Waals surface area contributed by atoms with E-state index in [1.54, 1.807) is 31.2 Å². The third kappa shape index (κ3) is 6.20. The van der Waals surface area contributed by atoms with Gasteiger partial charge in [-0.25, -0.2) is 8.42 Å². The fraction of sp³-hybridized carbons (Fsp3) is 0.316. The second-order valence-corrected chi connectivity index (χ2v) is 8.02. The Morgan fingerprint density at radius 2 is 1.93 bits per heavy atom. The van der Waals surface area contributed by atoms with Crippen LogP contribution in [0.15, 0.2) is 53.4 Å². The van der Waals surface area contributed by atoms with Crippen LogP contribution in [0.3, 0.4) is 0 Å². The molecule has 0 bridgehead atoms. The molecule has 0 heterocycles. The first-order chi connectivity index (χ1) is 13.4. The highest BCUT2D eigenvalue weighted by atomic mass is 35.5. The minimum atomic E-state index is -4.02. The summed E-state index contributed by atoms with van der Waals surface area (Å²) in [7, 11) is -4.02. The highest BCUT2D eigenvalue weighted by Gasteiger charge is 2.26. The van der Waals surface area contributed by atoms with Crippen LogP contribution < -0.4 is 14.8 Å². The molecule has 9 heteroatoms. The van der Waals surface area contributed by atoms with Crippen molar-refractivity contribution in [3.63, 3.8) is 0 Å². The van der Waals surface area contributed by atoms with Crippen LogP contribution in [0.5, 0.6) is 5.75 Å². The number of nitrogens with one attached hydrogen (secondary N) is 2. The fourth-order valence-corrected chi connectivity index (χ4v) is 4.04. The monoisotopic (exact) mass is 426 g/mol. The van der Waals surface area contributed by atoms with E-state index in [9.17, 15) is 13.2 Å². The molecule has 0 spiro atoms. The lowest BCUT2D eigenvalue weighted by Gasteiger charge is -2.19. The molecule has 7 nitrogen and oxygen atoms in total. The molecule has 1 amide bonds. The van der Waals surface area contributed by atoms with Gasteiger partial charge in [0, 0.05) is 6.54 Å². The molecule has 0 aliphatic heterocycles. The van der Waals surface area contributed by atoms with Gasteiger partial charge in [-0.1, -0.05) is 41.9 Å². The average Bonchev–Trinajstić information content (AvgIpc) is 2.68. The van der Waals surface area contributed by atoms with Gasteiger partial charge in [0.2, 0.25) is 15.9 Å². The molecular weight excluding hydrogens is 404 g/mol. The summed E-state index contributed by atoms with van der Waals surface area (Å²) in [5, 5.41) is 11.6. The first-order valence-corrected chi connectivity index (χ1v) is 10.6. The van der Waals surface area contributed by atoms with Crippen LogP contribution in [-0.2, 0) is 21.2 Å². The van der Waals surface area contributed by atoms with E-state index in [0.29, 0.717) is 12.4 Å².